The molecule has 0 radical (unpaired) electrons. The number of carbonyl (C=O) groups is 2. The molecular weight excluding hydrogens is 294 g/mol. The van der Waals surface area contributed by atoms with Crippen LogP contribution in [-0.4, -0.2) is 33.8 Å². The van der Waals surface area contributed by atoms with Crippen molar-refractivity contribution in [1.29, 1.82) is 0 Å². The molecule has 1 aromatic carbocycles. The molecule has 0 spiro atoms. The molecule has 7 nitrogen and oxygen atoms in total. The van der Waals surface area contributed by atoms with Crippen LogP contribution in [0.1, 0.15) is 12.5 Å². The van der Waals surface area contributed by atoms with E-state index in [1.807, 2.05) is 49.5 Å². The van der Waals surface area contributed by atoms with Gasteiger partial charge in [0, 0.05) is 24.9 Å². The van der Waals surface area contributed by atoms with Gasteiger partial charge in [-0.25, -0.2) is 4.79 Å². The van der Waals surface area contributed by atoms with Crippen molar-refractivity contribution in [2.45, 2.75) is 32.0 Å². The number of carbonyl (C=O) groups excluding carboxylic acids is 2. The molecule has 0 saturated carbocycles. The van der Waals surface area contributed by atoms with Gasteiger partial charge in [-0.15, -0.1) is 0 Å². The summed E-state index contributed by atoms with van der Waals surface area (Å²) in [5, 5.41) is 9.47. The maximum Gasteiger partial charge on any atom is 0.312 e. The average Bonchev–Trinajstić information content (AvgIpc) is 3.00. The molecule has 3 amide bonds. The Bertz CT molecular complexity index is 627. The van der Waals surface area contributed by atoms with Gasteiger partial charge in [0.25, 0.3) is 0 Å². The fourth-order valence-electron chi connectivity index (χ4n) is 2.31. The lowest BCUT2D eigenvalue weighted by Crippen LogP contribution is -2.52. The number of primary amides is 1. The molecule has 4 N–H and O–H groups in total. The Labute approximate surface area is 134 Å². The van der Waals surface area contributed by atoms with Gasteiger partial charge < -0.3 is 16.4 Å². The quantitative estimate of drug-likeness (QED) is 0.699. The Morgan fingerprint density at radius 3 is 2.57 bits per heavy atom. The van der Waals surface area contributed by atoms with Crippen LogP contribution in [0.5, 0.6) is 0 Å². The maximum atomic E-state index is 12.4. The molecule has 0 aliphatic heterocycles. The topological polar surface area (TPSA) is 102 Å². The Hall–Kier alpha value is -2.83. The monoisotopic (exact) mass is 315 g/mol. The highest BCUT2D eigenvalue weighted by molar-refractivity contribution is 5.86. The second kappa shape index (κ2) is 7.98. The van der Waals surface area contributed by atoms with Crippen LogP contribution < -0.4 is 16.4 Å². The second-order valence-corrected chi connectivity index (χ2v) is 5.39. The minimum Gasteiger partial charge on any atom is -0.352 e. The van der Waals surface area contributed by atoms with Crippen LogP contribution in [0.4, 0.5) is 4.79 Å². The van der Waals surface area contributed by atoms with Crippen molar-refractivity contribution >= 4 is 11.9 Å². The van der Waals surface area contributed by atoms with Crippen LogP contribution in [0.3, 0.4) is 0 Å². The Morgan fingerprint density at radius 1 is 1.22 bits per heavy atom. The van der Waals surface area contributed by atoms with Gasteiger partial charge in [-0.3, -0.25) is 9.48 Å². The smallest absolute Gasteiger partial charge is 0.312 e. The molecule has 122 valence electrons. The Morgan fingerprint density at radius 2 is 1.96 bits per heavy atom. The summed E-state index contributed by atoms with van der Waals surface area (Å²) in [4.78, 5) is 23.6. The number of nitrogens with two attached hydrogens (primary N) is 1. The summed E-state index contributed by atoms with van der Waals surface area (Å²) in [7, 11) is 0. The van der Waals surface area contributed by atoms with Crippen LogP contribution in [0, 0.1) is 0 Å². The summed E-state index contributed by atoms with van der Waals surface area (Å²) in [6.45, 7) is 2.43. The molecule has 0 aliphatic carbocycles. The van der Waals surface area contributed by atoms with E-state index in [2.05, 4.69) is 15.7 Å². The molecule has 1 aromatic heterocycles. The van der Waals surface area contributed by atoms with E-state index >= 15 is 0 Å². The third-order valence-electron chi connectivity index (χ3n) is 3.32. The first-order valence-electron chi connectivity index (χ1n) is 7.42. The Balaban J connectivity index is 1.96. The first kappa shape index (κ1) is 16.5. The van der Waals surface area contributed by atoms with E-state index in [0.717, 1.165) is 5.56 Å². The third-order valence-corrected chi connectivity index (χ3v) is 3.32. The minimum atomic E-state index is -0.721. The van der Waals surface area contributed by atoms with Crippen molar-refractivity contribution in [2.75, 3.05) is 0 Å². The predicted octanol–water partition coefficient (Wildman–Crippen LogP) is 0.667. The molecule has 0 saturated heterocycles. The number of hydrogen-bond donors (Lipinski definition) is 3. The van der Waals surface area contributed by atoms with E-state index in [0.29, 0.717) is 13.0 Å². The zero-order chi connectivity index (χ0) is 16.7. The summed E-state index contributed by atoms with van der Waals surface area (Å²) in [5.74, 6) is -0.271. The van der Waals surface area contributed by atoms with Crippen LogP contribution in [-0.2, 0) is 17.8 Å². The van der Waals surface area contributed by atoms with Crippen molar-refractivity contribution in [3.05, 3.63) is 54.4 Å². The van der Waals surface area contributed by atoms with E-state index in [4.69, 9.17) is 5.73 Å². The summed E-state index contributed by atoms with van der Waals surface area (Å²) < 4.78 is 1.73. The third kappa shape index (κ3) is 5.46. The number of rotatable bonds is 7. The largest absolute Gasteiger partial charge is 0.352 e. The SMILES string of the molecule is CC(Cn1cccn1)NC(=O)C(Cc1ccccc1)NC(N)=O. The molecule has 2 aromatic rings. The molecule has 7 heteroatoms. The van der Waals surface area contributed by atoms with Crippen LogP contribution in [0.25, 0.3) is 0 Å². The van der Waals surface area contributed by atoms with Crippen molar-refractivity contribution in [2.24, 2.45) is 5.73 Å². The lowest BCUT2D eigenvalue weighted by molar-refractivity contribution is -0.123. The lowest BCUT2D eigenvalue weighted by Gasteiger charge is -2.21. The molecule has 23 heavy (non-hydrogen) atoms. The number of benzene rings is 1. The number of urea groups is 1. The fraction of sp³-hybridized carbons (Fsp3) is 0.312. The van der Waals surface area contributed by atoms with Gasteiger partial charge in [0.1, 0.15) is 6.04 Å². The summed E-state index contributed by atoms with van der Waals surface area (Å²) in [6, 6.07) is 9.72. The van der Waals surface area contributed by atoms with E-state index in [9.17, 15) is 9.59 Å². The molecule has 0 aliphatic rings. The van der Waals surface area contributed by atoms with Crippen molar-refractivity contribution in [1.82, 2.24) is 20.4 Å². The van der Waals surface area contributed by atoms with Gasteiger partial charge in [-0.1, -0.05) is 30.3 Å². The number of aromatic nitrogens is 2. The lowest BCUT2D eigenvalue weighted by atomic mass is 10.1. The van der Waals surface area contributed by atoms with E-state index in [1.54, 1.807) is 10.9 Å². The van der Waals surface area contributed by atoms with Crippen molar-refractivity contribution < 1.29 is 9.59 Å². The normalized spacial score (nSPS) is 13.1. The van der Waals surface area contributed by atoms with Gasteiger partial charge in [0.05, 0.1) is 6.54 Å². The molecule has 2 atom stereocenters. The van der Waals surface area contributed by atoms with E-state index < -0.39 is 12.1 Å². The van der Waals surface area contributed by atoms with Crippen LogP contribution >= 0.6 is 0 Å². The van der Waals surface area contributed by atoms with Gasteiger partial charge in [0.15, 0.2) is 0 Å². The van der Waals surface area contributed by atoms with Crippen LogP contribution in [0.2, 0.25) is 0 Å². The van der Waals surface area contributed by atoms with Gasteiger partial charge in [-0.2, -0.15) is 5.10 Å². The molecule has 2 rings (SSSR count). The van der Waals surface area contributed by atoms with Gasteiger partial charge in [-0.05, 0) is 18.6 Å². The standard InChI is InChI=1S/C16H21N5O2/c1-12(11-21-9-5-8-18-21)19-15(22)14(20-16(17)23)10-13-6-3-2-4-7-13/h2-9,12,14H,10-11H2,1H3,(H,19,22)(H3,17,20,23). The predicted molar refractivity (Wildman–Crippen MR) is 86.5 cm³/mol. The van der Waals surface area contributed by atoms with E-state index in [1.165, 1.54) is 0 Å². The zero-order valence-corrected chi connectivity index (χ0v) is 13.0. The number of nitrogens with zero attached hydrogens (tertiary/aromatic N) is 2. The van der Waals surface area contributed by atoms with Crippen molar-refractivity contribution in [3.63, 3.8) is 0 Å². The number of hydrogen-bond acceptors (Lipinski definition) is 3. The summed E-state index contributed by atoms with van der Waals surface area (Å²) in [6.07, 6.45) is 3.89. The molecule has 0 bridgehead atoms. The highest BCUT2D eigenvalue weighted by atomic mass is 16.2. The van der Waals surface area contributed by atoms with Gasteiger partial charge in [0.2, 0.25) is 5.91 Å². The first-order chi connectivity index (χ1) is 11.0. The average molecular weight is 315 g/mol. The molecular formula is C16H21N5O2. The highest BCUT2D eigenvalue weighted by Gasteiger charge is 2.21. The molecule has 1 heterocycles. The number of amides is 3. The number of nitrogens with one attached hydrogen (secondary N) is 2. The fourth-order valence-corrected chi connectivity index (χ4v) is 2.31. The zero-order valence-electron chi connectivity index (χ0n) is 13.0. The first-order valence-corrected chi connectivity index (χ1v) is 7.42. The highest BCUT2D eigenvalue weighted by Crippen LogP contribution is 2.04. The maximum absolute atomic E-state index is 12.4. The van der Waals surface area contributed by atoms with Crippen molar-refractivity contribution in [3.8, 4) is 0 Å². The molecule has 0 fully saturated rings. The van der Waals surface area contributed by atoms with Gasteiger partial charge >= 0.3 is 6.03 Å². The Kier molecular flexibility index (Phi) is 5.74. The minimum absolute atomic E-state index is 0.129. The van der Waals surface area contributed by atoms with Crippen LogP contribution in [0.15, 0.2) is 48.8 Å². The summed E-state index contributed by atoms with van der Waals surface area (Å²) >= 11 is 0. The second-order valence-electron chi connectivity index (χ2n) is 5.39. The molecule has 2 unspecified atom stereocenters. The van der Waals surface area contributed by atoms with E-state index in [-0.39, 0.29) is 11.9 Å². The summed E-state index contributed by atoms with van der Waals surface area (Å²) in [5.41, 5.74) is 6.13.